The van der Waals surface area contributed by atoms with Crippen LogP contribution >= 0.6 is 24.4 Å². The average Bonchev–Trinajstić information content (AvgIpc) is 2.29. The van der Waals surface area contributed by atoms with E-state index in [0.717, 1.165) is 11.3 Å². The maximum atomic E-state index is 5.57. The number of benzene rings is 1. The van der Waals surface area contributed by atoms with E-state index in [4.69, 9.17) is 30.2 Å². The number of aryl methyl sites for hydroxylation is 1. The number of aromatic amines is 1. The lowest BCUT2D eigenvalue weighted by molar-refractivity contribution is 1.28. The third-order valence-corrected chi connectivity index (χ3v) is 3.08. The number of nitrogens with two attached hydrogens (primary N) is 1. The zero-order valence-electron chi connectivity index (χ0n) is 9.36. The molecule has 0 bridgehead atoms. The van der Waals surface area contributed by atoms with Gasteiger partial charge in [0.15, 0.2) is 0 Å². The van der Waals surface area contributed by atoms with Crippen LogP contribution in [0, 0.1) is 11.6 Å². The Morgan fingerprint density at radius 1 is 1.12 bits per heavy atom. The summed E-state index contributed by atoms with van der Waals surface area (Å²) in [4.78, 5) is 3.46. The van der Waals surface area contributed by atoms with Gasteiger partial charge in [-0.15, -0.1) is 0 Å². The highest BCUT2D eigenvalue weighted by Crippen LogP contribution is 2.18. The van der Waals surface area contributed by atoms with Crippen molar-refractivity contribution in [1.29, 1.82) is 0 Å². The van der Waals surface area contributed by atoms with Crippen molar-refractivity contribution in [3.8, 4) is 11.3 Å². The zero-order chi connectivity index (χ0) is 12.4. The summed E-state index contributed by atoms with van der Waals surface area (Å²) in [7, 11) is 0. The van der Waals surface area contributed by atoms with E-state index in [1.54, 1.807) is 0 Å². The van der Waals surface area contributed by atoms with Crippen LogP contribution in [0.1, 0.15) is 11.1 Å². The molecule has 0 radical (unpaired) electrons. The van der Waals surface area contributed by atoms with Gasteiger partial charge in [0.05, 0.1) is 0 Å². The molecule has 0 saturated carbocycles. The Kier molecular flexibility index (Phi) is 3.36. The van der Waals surface area contributed by atoms with Crippen LogP contribution in [-0.2, 0) is 0 Å². The largest absolute Gasteiger partial charge is 0.389 e. The number of aromatic nitrogens is 1. The molecule has 0 aliphatic heterocycles. The summed E-state index contributed by atoms with van der Waals surface area (Å²) < 4.78 is 0.579. The van der Waals surface area contributed by atoms with Crippen LogP contribution in [0.5, 0.6) is 0 Å². The van der Waals surface area contributed by atoms with Crippen molar-refractivity contribution in [2.45, 2.75) is 6.92 Å². The van der Waals surface area contributed by atoms with Gasteiger partial charge in [0.2, 0.25) is 0 Å². The summed E-state index contributed by atoms with van der Waals surface area (Å²) >= 11 is 10.1. The summed E-state index contributed by atoms with van der Waals surface area (Å²) in [5, 5.41) is 0. The number of hydrogen-bond donors (Lipinski definition) is 2. The molecule has 0 atom stereocenters. The minimum absolute atomic E-state index is 0.321. The molecule has 0 unspecified atom stereocenters. The second kappa shape index (κ2) is 4.77. The van der Waals surface area contributed by atoms with E-state index in [1.807, 2.05) is 12.1 Å². The van der Waals surface area contributed by atoms with Crippen molar-refractivity contribution >= 4 is 29.4 Å². The summed E-state index contributed by atoms with van der Waals surface area (Å²) in [5.74, 6) is 0. The van der Waals surface area contributed by atoms with E-state index in [2.05, 4.69) is 36.2 Å². The molecule has 0 amide bonds. The second-order valence-corrected chi connectivity index (χ2v) is 4.69. The van der Waals surface area contributed by atoms with Gasteiger partial charge in [-0.2, -0.15) is 0 Å². The number of rotatable bonds is 2. The molecule has 2 nitrogen and oxygen atoms in total. The topological polar surface area (TPSA) is 41.8 Å². The first-order chi connectivity index (χ1) is 8.08. The second-order valence-electron chi connectivity index (χ2n) is 3.85. The minimum atomic E-state index is 0.321. The van der Waals surface area contributed by atoms with Gasteiger partial charge >= 0.3 is 0 Å². The standard InChI is InChI=1S/C13H12N2S2/c1-8-2-4-9(5-3-8)11-7-6-10(12(14)16)13(17)15-11/h2-7H,1H3,(H2,14,16)(H,15,17). The maximum Gasteiger partial charge on any atom is 0.113 e. The lowest BCUT2D eigenvalue weighted by Gasteiger charge is -2.05. The monoisotopic (exact) mass is 260 g/mol. The van der Waals surface area contributed by atoms with Crippen LogP contribution in [0.3, 0.4) is 0 Å². The lowest BCUT2D eigenvalue weighted by Crippen LogP contribution is -2.10. The fourth-order valence-corrected chi connectivity index (χ4v) is 2.09. The van der Waals surface area contributed by atoms with Crippen molar-refractivity contribution in [2.24, 2.45) is 5.73 Å². The van der Waals surface area contributed by atoms with Gasteiger partial charge in [0.1, 0.15) is 9.63 Å². The summed E-state index contributed by atoms with van der Waals surface area (Å²) in [6.07, 6.45) is 0. The smallest absolute Gasteiger partial charge is 0.113 e. The summed E-state index contributed by atoms with van der Waals surface area (Å²) in [6.45, 7) is 2.06. The normalized spacial score (nSPS) is 10.2. The molecule has 86 valence electrons. The molecule has 0 spiro atoms. The first-order valence-electron chi connectivity index (χ1n) is 5.18. The van der Waals surface area contributed by atoms with E-state index in [-0.39, 0.29) is 0 Å². The highest BCUT2D eigenvalue weighted by Gasteiger charge is 2.02. The van der Waals surface area contributed by atoms with E-state index >= 15 is 0 Å². The molecule has 0 aliphatic rings. The summed E-state index contributed by atoms with van der Waals surface area (Å²) in [6, 6.07) is 12.0. The molecule has 17 heavy (non-hydrogen) atoms. The van der Waals surface area contributed by atoms with Crippen molar-refractivity contribution in [3.05, 3.63) is 52.2 Å². The van der Waals surface area contributed by atoms with Crippen LogP contribution in [-0.4, -0.2) is 9.97 Å². The Hall–Kier alpha value is -1.52. The quantitative estimate of drug-likeness (QED) is 0.814. The van der Waals surface area contributed by atoms with Gasteiger partial charge in [0, 0.05) is 11.3 Å². The van der Waals surface area contributed by atoms with Crippen molar-refractivity contribution < 1.29 is 0 Å². The number of hydrogen-bond acceptors (Lipinski definition) is 2. The summed E-state index contributed by atoms with van der Waals surface area (Å²) in [5.41, 5.74) is 9.57. The van der Waals surface area contributed by atoms with Crippen LogP contribution < -0.4 is 5.73 Å². The molecule has 2 aromatic rings. The third-order valence-electron chi connectivity index (χ3n) is 2.54. The molecule has 1 aromatic carbocycles. The SMILES string of the molecule is Cc1ccc(-c2ccc(C(N)=S)c(=S)[nH]2)cc1. The van der Waals surface area contributed by atoms with Crippen LogP contribution in [0.25, 0.3) is 11.3 Å². The Balaban J connectivity index is 2.48. The van der Waals surface area contributed by atoms with Gasteiger partial charge in [-0.3, -0.25) is 0 Å². The molecular weight excluding hydrogens is 248 g/mol. The Bertz CT molecular complexity index is 612. The van der Waals surface area contributed by atoms with Crippen molar-refractivity contribution in [3.63, 3.8) is 0 Å². The number of H-pyrrole nitrogens is 1. The zero-order valence-corrected chi connectivity index (χ0v) is 11.0. The predicted octanol–water partition coefficient (Wildman–Crippen LogP) is 3.35. The van der Waals surface area contributed by atoms with Crippen LogP contribution in [0.2, 0.25) is 0 Å². The number of pyridine rings is 1. The maximum absolute atomic E-state index is 5.57. The fourth-order valence-electron chi connectivity index (χ4n) is 1.57. The fraction of sp³-hybridized carbons (Fsp3) is 0.0769. The van der Waals surface area contributed by atoms with E-state index in [9.17, 15) is 0 Å². The Morgan fingerprint density at radius 2 is 1.76 bits per heavy atom. The van der Waals surface area contributed by atoms with Gasteiger partial charge in [0.25, 0.3) is 0 Å². The van der Waals surface area contributed by atoms with E-state index in [1.165, 1.54) is 5.56 Å². The Labute approximate surface area is 110 Å². The van der Waals surface area contributed by atoms with Gasteiger partial charge < -0.3 is 10.7 Å². The minimum Gasteiger partial charge on any atom is -0.389 e. The first-order valence-corrected chi connectivity index (χ1v) is 6.00. The molecule has 2 rings (SSSR count). The molecule has 0 saturated heterocycles. The van der Waals surface area contributed by atoms with Crippen LogP contribution in [0.15, 0.2) is 36.4 Å². The molecule has 0 fully saturated rings. The van der Waals surface area contributed by atoms with Crippen molar-refractivity contribution in [2.75, 3.05) is 0 Å². The molecule has 1 heterocycles. The van der Waals surface area contributed by atoms with Crippen molar-refractivity contribution in [1.82, 2.24) is 4.98 Å². The predicted molar refractivity (Wildman–Crippen MR) is 77.7 cm³/mol. The first kappa shape index (κ1) is 12.0. The number of nitrogens with one attached hydrogen (secondary N) is 1. The average molecular weight is 260 g/mol. The lowest BCUT2D eigenvalue weighted by atomic mass is 10.1. The molecule has 1 aromatic heterocycles. The highest BCUT2D eigenvalue weighted by atomic mass is 32.1. The number of thiocarbonyl (C=S) groups is 1. The highest BCUT2D eigenvalue weighted by molar-refractivity contribution is 7.80. The van der Waals surface area contributed by atoms with Gasteiger partial charge in [-0.05, 0) is 24.6 Å². The molecule has 0 aliphatic carbocycles. The molecular formula is C13H12N2S2. The van der Waals surface area contributed by atoms with E-state index < -0.39 is 0 Å². The molecule has 4 heteroatoms. The van der Waals surface area contributed by atoms with Crippen LogP contribution in [0.4, 0.5) is 0 Å². The van der Waals surface area contributed by atoms with E-state index in [0.29, 0.717) is 15.2 Å². The molecule has 3 N–H and O–H groups in total. The third kappa shape index (κ3) is 2.60. The van der Waals surface area contributed by atoms with Gasteiger partial charge in [-0.25, -0.2) is 0 Å². The Morgan fingerprint density at radius 3 is 2.29 bits per heavy atom. The van der Waals surface area contributed by atoms with Gasteiger partial charge in [-0.1, -0.05) is 54.3 Å².